The van der Waals surface area contributed by atoms with Crippen LogP contribution in [0.15, 0.2) is 52.7 Å². The number of benzene rings is 2. The molecule has 0 bridgehead atoms. The van der Waals surface area contributed by atoms with Crippen LogP contribution < -0.4 is 4.74 Å². The van der Waals surface area contributed by atoms with Crippen LogP contribution in [-0.4, -0.2) is 33.2 Å². The van der Waals surface area contributed by atoms with E-state index >= 15 is 0 Å². The van der Waals surface area contributed by atoms with Gasteiger partial charge in [-0.15, -0.1) is 10.2 Å². The molecule has 3 aromatic rings. The topological polar surface area (TPSA) is 137 Å². The number of hydrogen-bond acceptors (Lipinski definition) is 6. The predicted molar refractivity (Wildman–Crippen MR) is 111 cm³/mol. The molecule has 9 nitrogen and oxygen atoms in total. The van der Waals surface area contributed by atoms with Gasteiger partial charge in [0.25, 0.3) is 5.91 Å². The Kier molecular flexibility index (Phi) is 6.62. The fourth-order valence-corrected chi connectivity index (χ4v) is 2.99. The fourth-order valence-electron chi connectivity index (χ4n) is 2.99. The lowest BCUT2D eigenvalue weighted by Gasteiger charge is -2.04. The first kappa shape index (κ1) is 21.5. The van der Waals surface area contributed by atoms with Crippen LogP contribution in [0.2, 0.25) is 0 Å². The van der Waals surface area contributed by atoms with Crippen molar-refractivity contribution < 1.29 is 24.5 Å². The Bertz CT molecular complexity index is 1210. The molecule has 0 radical (unpaired) electrons. The molecule has 2 N–H and O–H groups in total. The maximum absolute atomic E-state index is 12.3. The number of fused-ring (bicyclic) bond motifs is 1. The minimum atomic E-state index is -0.798. The smallest absolute Gasteiger partial charge is 0.302 e. The number of azo groups is 1. The number of nitrogens with zero attached hydrogens (tertiary/aromatic N) is 4. The molecule has 0 spiro atoms. The van der Waals surface area contributed by atoms with Crippen LogP contribution in [-0.2, 0) is 11.3 Å². The number of nitriles is 1. The monoisotopic (exact) mass is 420 g/mol. The zero-order chi connectivity index (χ0) is 22.4. The molecule has 158 valence electrons. The summed E-state index contributed by atoms with van der Waals surface area (Å²) < 4.78 is 6.63. The lowest BCUT2D eigenvalue weighted by Crippen LogP contribution is -2.09. The largest absolute Gasteiger partial charge is 0.494 e. The van der Waals surface area contributed by atoms with Gasteiger partial charge in [-0.3, -0.25) is 14.2 Å². The standard InChI is InChI=1S/C22H20N4O5/c1-2-3-10-26-21(29)16-9-8-14(11-17(16)22(26)30)20(28)25-24-19(27)13-31-18-7-5-4-6-15(18)12-23/h4-9,11,29-30H,2-3,10,13H2,1H3. The van der Waals surface area contributed by atoms with Crippen LogP contribution in [0.25, 0.3) is 10.8 Å². The van der Waals surface area contributed by atoms with Crippen molar-refractivity contribution in [3.05, 3.63) is 53.6 Å². The Morgan fingerprint density at radius 2 is 1.84 bits per heavy atom. The van der Waals surface area contributed by atoms with E-state index in [0.29, 0.717) is 17.3 Å². The minimum absolute atomic E-state index is 0.0773. The number of aromatic nitrogens is 1. The third kappa shape index (κ3) is 4.70. The molecule has 0 aliphatic carbocycles. The molecule has 0 aliphatic heterocycles. The van der Waals surface area contributed by atoms with Crippen molar-refractivity contribution in [1.29, 1.82) is 5.26 Å². The number of carbonyl (C=O) groups excluding carboxylic acids is 2. The van der Waals surface area contributed by atoms with Gasteiger partial charge in [0.2, 0.25) is 11.8 Å². The highest BCUT2D eigenvalue weighted by atomic mass is 16.5. The number of unbranched alkanes of at least 4 members (excludes halogenated alkanes) is 1. The van der Waals surface area contributed by atoms with Crippen molar-refractivity contribution >= 4 is 22.6 Å². The summed E-state index contributed by atoms with van der Waals surface area (Å²) >= 11 is 0. The summed E-state index contributed by atoms with van der Waals surface area (Å²) in [5.41, 5.74) is 0.369. The van der Waals surface area contributed by atoms with Crippen molar-refractivity contribution in [2.75, 3.05) is 6.61 Å². The minimum Gasteiger partial charge on any atom is -0.494 e. The van der Waals surface area contributed by atoms with Crippen LogP contribution in [0.5, 0.6) is 17.5 Å². The quantitative estimate of drug-likeness (QED) is 0.556. The third-order valence-corrected chi connectivity index (χ3v) is 4.61. The summed E-state index contributed by atoms with van der Waals surface area (Å²) in [6.07, 6.45) is 1.66. The zero-order valence-electron chi connectivity index (χ0n) is 16.8. The summed E-state index contributed by atoms with van der Waals surface area (Å²) in [7, 11) is 0. The SMILES string of the molecule is CCCCn1c(O)c2ccc(C(=O)N=NC(=O)COc3ccccc3C#N)cc2c1O. The molecule has 0 fully saturated rings. The highest BCUT2D eigenvalue weighted by molar-refractivity contribution is 6.02. The van der Waals surface area contributed by atoms with Crippen LogP contribution in [0.3, 0.4) is 0 Å². The van der Waals surface area contributed by atoms with E-state index < -0.39 is 18.4 Å². The molecule has 0 aliphatic rings. The van der Waals surface area contributed by atoms with Gasteiger partial charge in [0.15, 0.2) is 6.61 Å². The van der Waals surface area contributed by atoms with Crippen LogP contribution >= 0.6 is 0 Å². The molecule has 0 atom stereocenters. The average Bonchev–Trinajstić information content (AvgIpc) is 3.03. The third-order valence-electron chi connectivity index (χ3n) is 4.61. The summed E-state index contributed by atoms with van der Waals surface area (Å²) in [5, 5.41) is 37.1. The number of aromatic hydroxyl groups is 2. The number of rotatable bonds is 7. The second-order valence-corrected chi connectivity index (χ2v) is 6.71. The maximum atomic E-state index is 12.3. The molecule has 2 amide bonds. The molecular weight excluding hydrogens is 400 g/mol. The first-order chi connectivity index (χ1) is 15.0. The Balaban J connectivity index is 1.70. The molecule has 0 saturated heterocycles. The zero-order valence-corrected chi connectivity index (χ0v) is 16.8. The van der Waals surface area contributed by atoms with Gasteiger partial charge in [-0.05, 0) is 36.8 Å². The Morgan fingerprint density at radius 1 is 1.10 bits per heavy atom. The van der Waals surface area contributed by atoms with Gasteiger partial charge in [0.1, 0.15) is 11.8 Å². The van der Waals surface area contributed by atoms with Crippen molar-refractivity contribution in [3.8, 4) is 23.6 Å². The fraction of sp³-hybridized carbons (Fsp3) is 0.227. The van der Waals surface area contributed by atoms with Gasteiger partial charge in [0.05, 0.1) is 5.56 Å². The van der Waals surface area contributed by atoms with Crippen LogP contribution in [0, 0.1) is 11.3 Å². The summed E-state index contributed by atoms with van der Waals surface area (Å²) in [6.45, 7) is 1.95. The maximum Gasteiger partial charge on any atom is 0.302 e. The predicted octanol–water partition coefficient (Wildman–Crippen LogP) is 3.92. The van der Waals surface area contributed by atoms with E-state index in [4.69, 9.17) is 10.00 Å². The lowest BCUT2D eigenvalue weighted by molar-refractivity contribution is -0.120. The van der Waals surface area contributed by atoms with Gasteiger partial charge in [-0.1, -0.05) is 25.5 Å². The highest BCUT2D eigenvalue weighted by Gasteiger charge is 2.17. The van der Waals surface area contributed by atoms with Gasteiger partial charge in [-0.25, -0.2) is 0 Å². The second kappa shape index (κ2) is 9.54. The number of amides is 2. The van der Waals surface area contributed by atoms with E-state index in [-0.39, 0.29) is 28.6 Å². The second-order valence-electron chi connectivity index (χ2n) is 6.71. The number of para-hydroxylation sites is 1. The van der Waals surface area contributed by atoms with E-state index in [2.05, 4.69) is 10.2 Å². The Hall–Kier alpha value is -4.19. The van der Waals surface area contributed by atoms with Gasteiger partial charge < -0.3 is 14.9 Å². The molecule has 2 aromatic carbocycles. The number of hydrogen-bond donors (Lipinski definition) is 2. The van der Waals surface area contributed by atoms with E-state index in [1.165, 1.54) is 28.8 Å². The van der Waals surface area contributed by atoms with Crippen molar-refractivity contribution in [3.63, 3.8) is 0 Å². The van der Waals surface area contributed by atoms with E-state index in [1.54, 1.807) is 18.2 Å². The van der Waals surface area contributed by atoms with Crippen molar-refractivity contribution in [2.24, 2.45) is 10.2 Å². The normalized spacial score (nSPS) is 11.0. The van der Waals surface area contributed by atoms with Crippen molar-refractivity contribution in [1.82, 2.24) is 4.57 Å². The Labute approximate surface area is 177 Å². The molecule has 9 heteroatoms. The van der Waals surface area contributed by atoms with E-state index in [9.17, 15) is 19.8 Å². The molecule has 1 heterocycles. The summed E-state index contributed by atoms with van der Waals surface area (Å²) in [4.78, 5) is 24.2. The highest BCUT2D eigenvalue weighted by Crippen LogP contribution is 2.37. The molecular formula is C22H20N4O5. The molecule has 3 rings (SSSR count). The first-order valence-electron chi connectivity index (χ1n) is 9.61. The van der Waals surface area contributed by atoms with Gasteiger partial charge >= 0.3 is 5.91 Å². The van der Waals surface area contributed by atoms with Gasteiger partial charge in [0, 0.05) is 22.9 Å². The first-order valence-corrected chi connectivity index (χ1v) is 9.61. The molecule has 0 unspecified atom stereocenters. The lowest BCUT2D eigenvalue weighted by atomic mass is 10.1. The number of ether oxygens (including phenoxy) is 1. The van der Waals surface area contributed by atoms with E-state index in [0.717, 1.165) is 12.8 Å². The van der Waals surface area contributed by atoms with Crippen LogP contribution in [0.4, 0.5) is 0 Å². The number of carbonyl (C=O) groups is 2. The molecule has 31 heavy (non-hydrogen) atoms. The van der Waals surface area contributed by atoms with Crippen molar-refractivity contribution in [2.45, 2.75) is 26.3 Å². The summed E-state index contributed by atoms with van der Waals surface area (Å²) in [6, 6.07) is 12.7. The van der Waals surface area contributed by atoms with Gasteiger partial charge in [-0.2, -0.15) is 5.26 Å². The molecule has 1 aromatic heterocycles. The summed E-state index contributed by atoms with van der Waals surface area (Å²) in [5.74, 6) is -1.57. The molecule has 0 saturated carbocycles. The Morgan fingerprint density at radius 3 is 2.58 bits per heavy atom. The van der Waals surface area contributed by atoms with E-state index in [1.807, 2.05) is 13.0 Å². The average molecular weight is 420 g/mol. The van der Waals surface area contributed by atoms with Crippen LogP contribution in [0.1, 0.15) is 35.7 Å².